The molecular weight excluding hydrogens is 326 g/mol. The maximum Gasteiger partial charge on any atom is 0.312 e. The zero-order valence-corrected chi connectivity index (χ0v) is 13.8. The van der Waals surface area contributed by atoms with E-state index in [-0.39, 0.29) is 11.7 Å². The third kappa shape index (κ3) is 5.49. The molecule has 0 aliphatic heterocycles. The average molecular weight is 345 g/mol. The highest BCUT2D eigenvalue weighted by atomic mass is 32.2. The van der Waals surface area contributed by atoms with Crippen LogP contribution in [0.2, 0.25) is 0 Å². The molecule has 9 nitrogen and oxygen atoms in total. The minimum absolute atomic E-state index is 0.213. The number of sulfonamides is 1. The molecule has 0 aromatic heterocycles. The Hall–Kier alpha value is -2.20. The molecule has 1 aromatic rings. The molecule has 0 radical (unpaired) electrons. The molecule has 0 aliphatic carbocycles. The van der Waals surface area contributed by atoms with Crippen LogP contribution in [0, 0.1) is 16.0 Å². The number of nitrogens with two attached hydrogens (primary N) is 1. The lowest BCUT2D eigenvalue weighted by Crippen LogP contribution is -2.38. The van der Waals surface area contributed by atoms with Crippen molar-refractivity contribution in [2.24, 2.45) is 11.1 Å². The predicted molar refractivity (Wildman–Crippen MR) is 82.4 cm³/mol. The number of primary sulfonamides is 1. The Morgan fingerprint density at radius 1 is 1.39 bits per heavy atom. The highest BCUT2D eigenvalue weighted by Crippen LogP contribution is 2.30. The molecule has 0 heterocycles. The first-order valence-electron chi connectivity index (χ1n) is 6.78. The zero-order chi connectivity index (χ0) is 17.8. The molecule has 128 valence electrons. The summed E-state index contributed by atoms with van der Waals surface area (Å²) in [4.78, 5) is 21.7. The van der Waals surface area contributed by atoms with E-state index in [1.165, 1.54) is 6.92 Å². The minimum Gasteiger partial charge on any atom is -0.474 e. The second kappa shape index (κ2) is 7.38. The SMILES string of the molecule is CC(C)CNC(=O)[C@H](C)Oc1ccc(S(N)(=O)=O)cc1[N+](=O)[O-]. The summed E-state index contributed by atoms with van der Waals surface area (Å²) in [7, 11) is -4.08. The number of amides is 1. The number of nitro groups is 1. The van der Waals surface area contributed by atoms with Crippen LogP contribution in [-0.4, -0.2) is 31.9 Å². The molecule has 0 spiro atoms. The number of nitro benzene ring substituents is 1. The van der Waals surface area contributed by atoms with Crippen molar-refractivity contribution in [3.05, 3.63) is 28.3 Å². The minimum atomic E-state index is -4.08. The van der Waals surface area contributed by atoms with E-state index < -0.39 is 37.5 Å². The van der Waals surface area contributed by atoms with Crippen molar-refractivity contribution in [3.8, 4) is 5.75 Å². The van der Waals surface area contributed by atoms with Gasteiger partial charge in [-0.05, 0) is 25.0 Å². The van der Waals surface area contributed by atoms with Crippen molar-refractivity contribution in [1.29, 1.82) is 0 Å². The highest BCUT2D eigenvalue weighted by Gasteiger charge is 2.23. The topological polar surface area (TPSA) is 142 Å². The van der Waals surface area contributed by atoms with Crippen molar-refractivity contribution in [2.45, 2.75) is 31.8 Å². The average Bonchev–Trinajstić information content (AvgIpc) is 2.43. The van der Waals surface area contributed by atoms with E-state index in [4.69, 9.17) is 9.88 Å². The number of hydrogen-bond acceptors (Lipinski definition) is 6. The van der Waals surface area contributed by atoms with Crippen molar-refractivity contribution >= 4 is 21.6 Å². The van der Waals surface area contributed by atoms with Gasteiger partial charge in [0.15, 0.2) is 11.9 Å². The fourth-order valence-electron chi connectivity index (χ4n) is 1.61. The van der Waals surface area contributed by atoms with Gasteiger partial charge in [-0.1, -0.05) is 13.8 Å². The van der Waals surface area contributed by atoms with Crippen LogP contribution in [0.15, 0.2) is 23.1 Å². The smallest absolute Gasteiger partial charge is 0.312 e. The van der Waals surface area contributed by atoms with Gasteiger partial charge >= 0.3 is 5.69 Å². The number of carbonyl (C=O) groups excluding carboxylic acids is 1. The van der Waals surface area contributed by atoms with E-state index in [9.17, 15) is 23.3 Å². The number of carbonyl (C=O) groups is 1. The second-order valence-corrected chi connectivity index (χ2v) is 6.89. The van der Waals surface area contributed by atoms with Crippen LogP contribution in [0.3, 0.4) is 0 Å². The molecule has 23 heavy (non-hydrogen) atoms. The van der Waals surface area contributed by atoms with Crippen molar-refractivity contribution in [2.75, 3.05) is 6.54 Å². The normalized spacial score (nSPS) is 12.7. The lowest BCUT2D eigenvalue weighted by atomic mass is 10.2. The van der Waals surface area contributed by atoms with E-state index >= 15 is 0 Å². The van der Waals surface area contributed by atoms with Gasteiger partial charge in [0.2, 0.25) is 10.0 Å². The summed E-state index contributed by atoms with van der Waals surface area (Å²) >= 11 is 0. The van der Waals surface area contributed by atoms with Gasteiger partial charge in [0, 0.05) is 12.6 Å². The zero-order valence-electron chi connectivity index (χ0n) is 13.0. The molecule has 1 rings (SSSR count). The van der Waals surface area contributed by atoms with Gasteiger partial charge in [-0.25, -0.2) is 13.6 Å². The Morgan fingerprint density at radius 3 is 2.48 bits per heavy atom. The number of rotatable bonds is 7. The second-order valence-electron chi connectivity index (χ2n) is 5.33. The molecule has 1 aromatic carbocycles. The molecule has 0 fully saturated rings. The summed E-state index contributed by atoms with van der Waals surface area (Å²) in [5, 5.41) is 18.6. The van der Waals surface area contributed by atoms with Crippen LogP contribution in [0.1, 0.15) is 20.8 Å². The van der Waals surface area contributed by atoms with Gasteiger partial charge < -0.3 is 10.1 Å². The van der Waals surface area contributed by atoms with Crippen LogP contribution in [0.4, 0.5) is 5.69 Å². The molecule has 1 atom stereocenters. The Morgan fingerprint density at radius 2 is 2.00 bits per heavy atom. The van der Waals surface area contributed by atoms with Crippen molar-refractivity contribution in [3.63, 3.8) is 0 Å². The van der Waals surface area contributed by atoms with Crippen LogP contribution in [-0.2, 0) is 14.8 Å². The van der Waals surface area contributed by atoms with E-state index in [0.717, 1.165) is 18.2 Å². The Labute approximate surface area is 134 Å². The standard InChI is InChI=1S/C13H19N3O6S/c1-8(2)7-15-13(17)9(3)22-12-5-4-10(23(14,20)21)6-11(12)16(18)19/h4-6,8-9H,7H2,1-3H3,(H,15,17)(H2,14,20,21)/t9-/m0/s1. The fourth-order valence-corrected chi connectivity index (χ4v) is 2.14. The fraction of sp³-hybridized carbons (Fsp3) is 0.462. The molecule has 3 N–H and O–H groups in total. The van der Waals surface area contributed by atoms with Crippen LogP contribution in [0.5, 0.6) is 5.75 Å². The van der Waals surface area contributed by atoms with Gasteiger partial charge in [-0.15, -0.1) is 0 Å². The van der Waals surface area contributed by atoms with E-state index in [0.29, 0.717) is 6.54 Å². The largest absolute Gasteiger partial charge is 0.474 e. The van der Waals surface area contributed by atoms with Crippen molar-refractivity contribution in [1.82, 2.24) is 5.32 Å². The monoisotopic (exact) mass is 345 g/mol. The molecule has 0 aliphatic rings. The molecule has 10 heteroatoms. The number of nitrogens with zero attached hydrogens (tertiary/aromatic N) is 1. The van der Waals surface area contributed by atoms with Gasteiger partial charge in [-0.2, -0.15) is 0 Å². The van der Waals surface area contributed by atoms with E-state index in [2.05, 4.69) is 5.32 Å². The number of ether oxygens (including phenoxy) is 1. The summed E-state index contributed by atoms with van der Waals surface area (Å²) in [6, 6.07) is 2.98. The molecule has 1 amide bonds. The first-order valence-corrected chi connectivity index (χ1v) is 8.32. The predicted octanol–water partition coefficient (Wildman–Crippen LogP) is 0.782. The molecular formula is C13H19N3O6S. The van der Waals surface area contributed by atoms with E-state index in [1.54, 1.807) is 0 Å². The summed E-state index contributed by atoms with van der Waals surface area (Å²) in [6.45, 7) is 5.72. The number of hydrogen-bond donors (Lipinski definition) is 2. The molecule has 0 saturated heterocycles. The Balaban J connectivity index is 3.00. The maximum absolute atomic E-state index is 11.8. The molecule has 0 unspecified atom stereocenters. The van der Waals surface area contributed by atoms with Gasteiger partial charge in [0.05, 0.1) is 9.82 Å². The molecule has 0 saturated carbocycles. The Kier molecular flexibility index (Phi) is 6.05. The van der Waals surface area contributed by atoms with Gasteiger partial charge in [-0.3, -0.25) is 14.9 Å². The van der Waals surface area contributed by atoms with Crippen molar-refractivity contribution < 1.29 is 22.9 Å². The first-order chi connectivity index (χ1) is 10.5. The van der Waals surface area contributed by atoms with E-state index in [1.807, 2.05) is 13.8 Å². The van der Waals surface area contributed by atoms with Crippen LogP contribution >= 0.6 is 0 Å². The highest BCUT2D eigenvalue weighted by molar-refractivity contribution is 7.89. The summed E-state index contributed by atoms with van der Waals surface area (Å²) in [6.07, 6.45) is -0.979. The first kappa shape index (κ1) is 18.8. The summed E-state index contributed by atoms with van der Waals surface area (Å²) in [5.41, 5.74) is -0.583. The van der Waals surface area contributed by atoms with Crippen LogP contribution < -0.4 is 15.2 Å². The lowest BCUT2D eigenvalue weighted by Gasteiger charge is -2.15. The maximum atomic E-state index is 11.8. The summed E-state index contributed by atoms with van der Waals surface area (Å²) < 4.78 is 27.8. The van der Waals surface area contributed by atoms with Gasteiger partial charge in [0.25, 0.3) is 5.91 Å². The summed E-state index contributed by atoms with van der Waals surface area (Å²) in [5.74, 6) is -0.396. The quantitative estimate of drug-likeness (QED) is 0.552. The third-order valence-corrected chi connectivity index (χ3v) is 3.72. The molecule has 0 bridgehead atoms. The lowest BCUT2D eigenvalue weighted by molar-refractivity contribution is -0.386. The third-order valence-electron chi connectivity index (χ3n) is 2.81. The Bertz CT molecular complexity index is 702. The number of benzene rings is 1. The number of nitrogens with one attached hydrogen (secondary N) is 1. The van der Waals surface area contributed by atoms with Gasteiger partial charge in [0.1, 0.15) is 0 Å². The van der Waals surface area contributed by atoms with Crippen LogP contribution in [0.25, 0.3) is 0 Å².